The average Bonchev–Trinajstić information content (AvgIpc) is 2.14. The average molecular weight is 178 g/mol. The number of allylic oxidation sites excluding steroid dienone is 4. The molecule has 0 saturated heterocycles. The summed E-state index contributed by atoms with van der Waals surface area (Å²) in [6, 6.07) is 0. The van der Waals surface area contributed by atoms with Crippen LogP contribution in [0.2, 0.25) is 0 Å². The summed E-state index contributed by atoms with van der Waals surface area (Å²) in [5, 5.41) is 6.95. The number of nitrogens with zero attached hydrogens (tertiary/aromatic N) is 1. The van der Waals surface area contributed by atoms with Gasteiger partial charge in [0.05, 0.1) is 0 Å². The molecule has 0 spiro atoms. The Balaban J connectivity index is 4.33. The van der Waals surface area contributed by atoms with Gasteiger partial charge in [-0.25, -0.2) is 0 Å². The minimum atomic E-state index is 0.933. The van der Waals surface area contributed by atoms with Crippen LogP contribution in [0.15, 0.2) is 28.4 Å². The van der Waals surface area contributed by atoms with E-state index in [0.717, 1.165) is 24.1 Å². The van der Waals surface area contributed by atoms with Crippen molar-refractivity contribution in [1.82, 2.24) is 0 Å². The Hall–Kier alpha value is -1.18. The fourth-order valence-corrected chi connectivity index (χ4v) is 0.803. The molecule has 0 aromatic rings. The lowest BCUT2D eigenvalue weighted by atomic mass is 10.2. The van der Waals surface area contributed by atoms with Crippen molar-refractivity contribution in [3.63, 3.8) is 0 Å². The van der Waals surface area contributed by atoms with Gasteiger partial charge in [0.25, 0.3) is 0 Å². The van der Waals surface area contributed by atoms with E-state index in [1.54, 1.807) is 6.08 Å². The third kappa shape index (κ3) is 6.02. The Kier molecular flexibility index (Phi) is 6.79. The predicted octanol–water partition coefficient (Wildman–Crippen LogP) is 3.36. The monoisotopic (exact) mass is 178 g/mol. The van der Waals surface area contributed by atoms with Crippen molar-refractivity contribution < 1.29 is 0 Å². The number of nitrogens with one attached hydrogen (secondary N) is 1. The van der Waals surface area contributed by atoms with Crippen LogP contribution in [0.25, 0.3) is 0 Å². The molecule has 0 aliphatic carbocycles. The van der Waals surface area contributed by atoms with Crippen molar-refractivity contribution >= 4 is 12.4 Å². The van der Waals surface area contributed by atoms with Crippen LogP contribution < -0.4 is 0 Å². The molecule has 0 atom stereocenters. The lowest BCUT2D eigenvalue weighted by molar-refractivity contribution is 0.896. The molecule has 0 fully saturated rings. The van der Waals surface area contributed by atoms with E-state index in [2.05, 4.69) is 11.9 Å². The molecule has 0 aromatic heterocycles. The quantitative estimate of drug-likeness (QED) is 0.627. The van der Waals surface area contributed by atoms with E-state index in [1.165, 1.54) is 6.21 Å². The van der Waals surface area contributed by atoms with E-state index >= 15 is 0 Å². The summed E-state index contributed by atoms with van der Waals surface area (Å²) < 4.78 is 0. The van der Waals surface area contributed by atoms with E-state index in [0.29, 0.717) is 0 Å². The molecule has 0 saturated carbocycles. The van der Waals surface area contributed by atoms with Crippen LogP contribution in [0, 0.1) is 5.41 Å². The van der Waals surface area contributed by atoms with E-state index in [1.807, 2.05) is 26.1 Å². The third-order valence-electron chi connectivity index (χ3n) is 1.67. The first-order valence-corrected chi connectivity index (χ1v) is 4.61. The second-order valence-corrected chi connectivity index (χ2v) is 2.87. The van der Waals surface area contributed by atoms with Gasteiger partial charge in [0.1, 0.15) is 0 Å². The Labute approximate surface area is 80.6 Å². The highest BCUT2D eigenvalue weighted by molar-refractivity contribution is 5.79. The topological polar surface area (TPSA) is 36.2 Å². The van der Waals surface area contributed by atoms with Gasteiger partial charge < -0.3 is 5.41 Å². The Bertz CT molecular complexity index is 234. The van der Waals surface area contributed by atoms with Gasteiger partial charge in [0.2, 0.25) is 0 Å². The van der Waals surface area contributed by atoms with Crippen molar-refractivity contribution in [2.75, 3.05) is 0 Å². The summed E-state index contributed by atoms with van der Waals surface area (Å²) >= 11 is 0. The van der Waals surface area contributed by atoms with Crippen LogP contribution in [-0.4, -0.2) is 12.4 Å². The Morgan fingerprint density at radius 3 is 2.62 bits per heavy atom. The predicted molar refractivity (Wildman–Crippen MR) is 59.7 cm³/mol. The van der Waals surface area contributed by atoms with Crippen molar-refractivity contribution in [3.8, 4) is 0 Å². The zero-order valence-electron chi connectivity index (χ0n) is 8.67. The first-order chi connectivity index (χ1) is 6.24. The third-order valence-corrected chi connectivity index (χ3v) is 1.67. The van der Waals surface area contributed by atoms with E-state index in [4.69, 9.17) is 5.41 Å². The zero-order valence-corrected chi connectivity index (χ0v) is 8.67. The Morgan fingerprint density at radius 2 is 2.15 bits per heavy atom. The summed E-state index contributed by atoms with van der Waals surface area (Å²) in [5.41, 5.74) is 2.12. The molecule has 0 bridgehead atoms. The van der Waals surface area contributed by atoms with Crippen molar-refractivity contribution in [1.29, 1.82) is 5.41 Å². The molecule has 0 aromatic carbocycles. The maximum atomic E-state index is 6.95. The minimum Gasteiger partial charge on any atom is -0.309 e. The highest BCUT2D eigenvalue weighted by Crippen LogP contribution is 2.05. The van der Waals surface area contributed by atoms with Gasteiger partial charge in [0.15, 0.2) is 0 Å². The largest absolute Gasteiger partial charge is 0.309 e. The highest BCUT2D eigenvalue weighted by atomic mass is 14.7. The molecular formula is C11H18N2. The van der Waals surface area contributed by atoms with Gasteiger partial charge in [-0.3, -0.25) is 4.99 Å². The normalized spacial score (nSPS) is 13.8. The maximum Gasteiger partial charge on any atom is 0.0418 e. The van der Waals surface area contributed by atoms with Crippen LogP contribution in [-0.2, 0) is 0 Å². The van der Waals surface area contributed by atoms with Crippen LogP contribution in [0.1, 0.15) is 33.6 Å². The fraction of sp³-hybridized carbons (Fsp3) is 0.455. The second kappa shape index (κ2) is 7.47. The van der Waals surface area contributed by atoms with Crippen LogP contribution in [0.3, 0.4) is 0 Å². The standard InChI is InChI=1S/C11H18N2/c1-4-6-11(7-8-12)13-9-10(3)5-2/h5,7-9,12H,4,6H2,1-3H3/b10-5-,11-7-,12-8?,13-9+. The number of aliphatic imine (C=N–C) groups is 1. The molecule has 2 nitrogen and oxygen atoms in total. The SMILES string of the molecule is C\C=C(C)/C=N/C(=C\C=N)CCC. The van der Waals surface area contributed by atoms with E-state index in [9.17, 15) is 0 Å². The van der Waals surface area contributed by atoms with E-state index in [-0.39, 0.29) is 0 Å². The van der Waals surface area contributed by atoms with Gasteiger partial charge in [-0.1, -0.05) is 19.4 Å². The molecule has 2 heteroatoms. The van der Waals surface area contributed by atoms with Gasteiger partial charge in [-0.2, -0.15) is 0 Å². The summed E-state index contributed by atoms with van der Waals surface area (Å²) in [6.45, 7) is 6.11. The molecule has 13 heavy (non-hydrogen) atoms. The molecule has 72 valence electrons. The molecule has 1 N–H and O–H groups in total. The van der Waals surface area contributed by atoms with E-state index < -0.39 is 0 Å². The lowest BCUT2D eigenvalue weighted by Crippen LogP contribution is -1.83. The second-order valence-electron chi connectivity index (χ2n) is 2.87. The molecule has 0 rings (SSSR count). The summed E-state index contributed by atoms with van der Waals surface area (Å²) in [7, 11) is 0. The summed E-state index contributed by atoms with van der Waals surface area (Å²) in [6.07, 6.45) is 8.87. The molecule has 0 heterocycles. The molecule has 0 aliphatic heterocycles. The van der Waals surface area contributed by atoms with Gasteiger partial charge >= 0.3 is 0 Å². The number of hydrogen-bond donors (Lipinski definition) is 1. The van der Waals surface area contributed by atoms with Crippen molar-refractivity contribution in [2.45, 2.75) is 33.6 Å². The molecule has 0 unspecified atom stereocenters. The van der Waals surface area contributed by atoms with Gasteiger partial charge in [-0.15, -0.1) is 0 Å². The van der Waals surface area contributed by atoms with Gasteiger partial charge in [0, 0.05) is 18.1 Å². The van der Waals surface area contributed by atoms with Crippen molar-refractivity contribution in [3.05, 3.63) is 23.4 Å². The molecule has 0 aliphatic rings. The molecular weight excluding hydrogens is 160 g/mol. The molecule has 0 amide bonds. The first-order valence-electron chi connectivity index (χ1n) is 4.61. The smallest absolute Gasteiger partial charge is 0.0418 e. The maximum absolute atomic E-state index is 6.95. The number of rotatable bonds is 5. The number of hydrogen-bond acceptors (Lipinski definition) is 2. The lowest BCUT2D eigenvalue weighted by Gasteiger charge is -1.96. The van der Waals surface area contributed by atoms with Crippen LogP contribution >= 0.6 is 0 Å². The zero-order chi connectivity index (χ0) is 10.1. The van der Waals surface area contributed by atoms with Crippen LogP contribution in [0.5, 0.6) is 0 Å². The summed E-state index contributed by atoms with van der Waals surface area (Å²) in [5.74, 6) is 0. The Morgan fingerprint density at radius 1 is 1.46 bits per heavy atom. The highest BCUT2D eigenvalue weighted by Gasteiger charge is 1.89. The fourth-order valence-electron chi connectivity index (χ4n) is 0.803. The minimum absolute atomic E-state index is 0.933. The van der Waals surface area contributed by atoms with Crippen LogP contribution in [0.4, 0.5) is 0 Å². The molecule has 0 radical (unpaired) electrons. The van der Waals surface area contributed by atoms with Gasteiger partial charge in [-0.05, 0) is 31.9 Å². The van der Waals surface area contributed by atoms with Crippen molar-refractivity contribution in [2.24, 2.45) is 4.99 Å². The first kappa shape index (κ1) is 11.8. The summed E-state index contributed by atoms with van der Waals surface area (Å²) in [4.78, 5) is 4.29.